The molecule has 2 saturated carbocycles. The third kappa shape index (κ3) is 7.12. The van der Waals surface area contributed by atoms with Crippen LogP contribution in [0.2, 0.25) is 10.0 Å². The van der Waals surface area contributed by atoms with E-state index in [4.69, 9.17) is 42.4 Å². The van der Waals surface area contributed by atoms with E-state index in [0.717, 1.165) is 43.2 Å². The van der Waals surface area contributed by atoms with E-state index in [-0.39, 0.29) is 69.9 Å². The van der Waals surface area contributed by atoms with E-state index >= 15 is 4.39 Å². The number of rotatable bonds is 9. The lowest BCUT2D eigenvalue weighted by Gasteiger charge is -2.41. The van der Waals surface area contributed by atoms with Crippen LogP contribution in [0.25, 0.3) is 32.9 Å². The molecule has 2 amide bonds. The van der Waals surface area contributed by atoms with E-state index in [1.54, 1.807) is 18.2 Å². The van der Waals surface area contributed by atoms with Crippen LogP contribution in [-0.4, -0.2) is 79.7 Å². The topological polar surface area (TPSA) is 130 Å². The van der Waals surface area contributed by atoms with E-state index in [9.17, 15) is 20.0 Å². The zero-order chi connectivity index (χ0) is 42.4. The Morgan fingerprint density at radius 2 is 1.92 bits per heavy atom. The van der Waals surface area contributed by atoms with Gasteiger partial charge in [-0.1, -0.05) is 35.3 Å². The van der Waals surface area contributed by atoms with Crippen LogP contribution in [0.5, 0.6) is 0 Å². The molecule has 2 aromatic heterocycles. The first-order chi connectivity index (χ1) is 28.7. The molecule has 8 atom stereocenters. The van der Waals surface area contributed by atoms with Crippen molar-refractivity contribution in [2.24, 2.45) is 11.8 Å². The van der Waals surface area contributed by atoms with Crippen molar-refractivity contribution in [1.82, 2.24) is 19.4 Å². The summed E-state index contributed by atoms with van der Waals surface area (Å²) in [4.78, 5) is 36.7. The molecule has 4 aromatic rings. The Kier molecular flexibility index (Phi) is 10.8. The van der Waals surface area contributed by atoms with Gasteiger partial charge in [0.05, 0.1) is 57.6 Å². The zero-order valence-electron chi connectivity index (χ0n) is 34.7. The van der Waals surface area contributed by atoms with Crippen LogP contribution in [-0.2, 0) is 25.4 Å². The molecule has 6 fully saturated rings. The number of aliphatic hydroxyl groups is 1. The van der Waals surface area contributed by atoms with Gasteiger partial charge in [0.25, 0.3) is 0 Å². The van der Waals surface area contributed by atoms with Gasteiger partial charge in [-0.2, -0.15) is 5.26 Å². The largest absolute Gasteiger partial charge is 0.444 e. The first kappa shape index (κ1) is 41.4. The van der Waals surface area contributed by atoms with E-state index in [1.165, 1.54) is 0 Å². The van der Waals surface area contributed by atoms with Crippen molar-refractivity contribution in [2.45, 2.75) is 141 Å². The first-order valence-electron chi connectivity index (χ1n) is 21.4. The third-order valence-electron chi connectivity index (χ3n) is 13.3. The molecule has 14 heteroatoms. The number of fused-ring (bicyclic) bond motifs is 4. The highest BCUT2D eigenvalue weighted by Crippen LogP contribution is 2.55. The van der Waals surface area contributed by atoms with Gasteiger partial charge in [0, 0.05) is 65.4 Å². The van der Waals surface area contributed by atoms with Crippen LogP contribution < -0.4 is 0 Å². The summed E-state index contributed by atoms with van der Waals surface area (Å²) in [5.41, 5.74) is 2.58. The molecule has 4 saturated heterocycles. The lowest BCUT2D eigenvalue weighted by molar-refractivity contribution is -0.186. The van der Waals surface area contributed by atoms with Crippen LogP contribution in [0.15, 0.2) is 30.3 Å². The van der Waals surface area contributed by atoms with E-state index < -0.39 is 42.0 Å². The summed E-state index contributed by atoms with van der Waals surface area (Å²) in [5, 5.41) is 23.0. The van der Waals surface area contributed by atoms with Crippen molar-refractivity contribution in [3.05, 3.63) is 63.1 Å². The molecule has 1 N–H and O–H groups in total. The van der Waals surface area contributed by atoms with Gasteiger partial charge >= 0.3 is 6.09 Å². The van der Waals surface area contributed by atoms with Gasteiger partial charge in [-0.05, 0) is 103 Å². The number of benzene rings is 2. The maximum atomic E-state index is 17.9. The third-order valence-corrected chi connectivity index (χ3v) is 14.1. The normalized spacial score (nSPS) is 27.0. The molecule has 2 bridgehead atoms. The van der Waals surface area contributed by atoms with Gasteiger partial charge in [-0.3, -0.25) is 4.79 Å². The highest BCUT2D eigenvalue weighted by atomic mass is 35.5. The van der Waals surface area contributed by atoms with Crippen LogP contribution in [0, 0.1) is 29.0 Å². The predicted octanol–water partition coefficient (Wildman–Crippen LogP) is 9.98. The van der Waals surface area contributed by atoms with Crippen molar-refractivity contribution < 1.29 is 33.3 Å². The summed E-state index contributed by atoms with van der Waals surface area (Å²) >= 11 is 13.3. The molecule has 4 aliphatic heterocycles. The number of likely N-dealkylation sites (tertiary alicyclic amines) is 1. The molecule has 2 aliphatic carbocycles. The van der Waals surface area contributed by atoms with Crippen molar-refractivity contribution >= 4 is 57.0 Å². The lowest BCUT2D eigenvalue weighted by atomic mass is 9.79. The highest BCUT2D eigenvalue weighted by molar-refractivity contribution is 6.43. The molecule has 10 rings (SSSR count). The maximum Gasteiger partial charge on any atom is 0.410 e. The molecule has 0 radical (unpaired) electrons. The Morgan fingerprint density at radius 1 is 1.13 bits per heavy atom. The van der Waals surface area contributed by atoms with E-state index in [1.807, 2.05) is 50.5 Å². The average Bonchev–Trinajstić information content (AvgIpc) is 3.53. The minimum absolute atomic E-state index is 0.0232. The van der Waals surface area contributed by atoms with Crippen LogP contribution >= 0.6 is 23.2 Å². The Labute approximate surface area is 359 Å². The SMILES string of the molecule is C[C@@H]1[C@@H](O)C[C@H](c2cc3c([C@@H](C)OC4CCCCO4)nc4c(F)c(-c5cccc(Cl)c5Cl)c(CCC#N)cc4c3n2[C@H]2[C@@H]3C[C@H]2N(C(=O)OC(C)(C)C)C3)N1C(=O)C1CC1. The summed E-state index contributed by atoms with van der Waals surface area (Å²) < 4.78 is 38.6. The van der Waals surface area contributed by atoms with Gasteiger partial charge in [-0.25, -0.2) is 14.2 Å². The number of nitriles is 1. The average molecular weight is 861 g/mol. The minimum Gasteiger partial charge on any atom is -0.444 e. The number of amides is 2. The fourth-order valence-corrected chi connectivity index (χ4v) is 10.6. The number of aliphatic hydroxyl groups excluding tert-OH is 1. The van der Waals surface area contributed by atoms with Crippen molar-refractivity contribution in [3.63, 3.8) is 0 Å². The van der Waals surface area contributed by atoms with Gasteiger partial charge < -0.3 is 33.7 Å². The number of hydrogen-bond donors (Lipinski definition) is 1. The quantitative estimate of drug-likeness (QED) is 0.176. The molecular weight excluding hydrogens is 808 g/mol. The van der Waals surface area contributed by atoms with Crippen LogP contribution in [0.4, 0.5) is 9.18 Å². The molecule has 6 heterocycles. The smallest absolute Gasteiger partial charge is 0.410 e. The van der Waals surface area contributed by atoms with E-state index in [0.29, 0.717) is 53.7 Å². The second-order valence-electron chi connectivity index (χ2n) is 18.4. The predicted molar refractivity (Wildman–Crippen MR) is 226 cm³/mol. The standard InChI is InChI=1S/C46H52Cl2FN5O6/c1-23-35(55)21-33(53(23)44(56)25-14-15-25)32-20-30-40(24(2)59-36-13-6-7-17-58-36)51-41-29(18-26(10-9-16-50)37(39(41)49)28-11-8-12-31(47)38(28)48)43(30)54(32)42-27-19-34(42)52(22-27)45(57)60-46(3,4)5/h8,11-12,18,20,23-25,27,33-36,42,55H,6-7,9-10,13-15,17,19,21-22H2,1-5H3/t23-,24-,27-,33-,34-,35+,36?,42+/m1/s1. The van der Waals surface area contributed by atoms with Gasteiger partial charge in [0.15, 0.2) is 12.1 Å². The van der Waals surface area contributed by atoms with Crippen LogP contribution in [0.3, 0.4) is 0 Å². The number of hydrogen-bond acceptors (Lipinski definition) is 8. The molecule has 6 aliphatic rings. The molecular formula is C46H52Cl2FN5O6. The fraction of sp³-hybridized carbons (Fsp3) is 0.565. The highest BCUT2D eigenvalue weighted by Gasteiger charge is 2.57. The minimum atomic E-state index is -0.763. The Balaban J connectivity index is 1.33. The summed E-state index contributed by atoms with van der Waals surface area (Å²) in [7, 11) is 0. The number of carbonyl (C=O) groups excluding carboxylic acids is 2. The number of aryl methyl sites for hydroxylation is 1. The maximum absolute atomic E-state index is 17.9. The number of nitrogens with zero attached hydrogens (tertiary/aromatic N) is 5. The monoisotopic (exact) mass is 859 g/mol. The number of pyridine rings is 1. The Morgan fingerprint density at radius 3 is 2.62 bits per heavy atom. The molecule has 2 aromatic carbocycles. The zero-order valence-corrected chi connectivity index (χ0v) is 36.2. The van der Waals surface area contributed by atoms with Crippen molar-refractivity contribution in [2.75, 3.05) is 13.2 Å². The van der Waals surface area contributed by atoms with Crippen molar-refractivity contribution in [1.29, 1.82) is 5.26 Å². The number of aromatic nitrogens is 2. The van der Waals surface area contributed by atoms with Crippen molar-refractivity contribution in [3.8, 4) is 17.2 Å². The molecule has 0 spiro atoms. The number of carbonyl (C=O) groups is 2. The fourth-order valence-electron chi connectivity index (χ4n) is 10.2. The molecule has 60 heavy (non-hydrogen) atoms. The summed E-state index contributed by atoms with van der Waals surface area (Å²) in [6, 6.07) is 9.87. The number of ether oxygens (including phenoxy) is 3. The first-order valence-corrected chi connectivity index (χ1v) is 22.2. The van der Waals surface area contributed by atoms with Crippen LogP contribution in [0.1, 0.15) is 121 Å². The van der Waals surface area contributed by atoms with Gasteiger partial charge in [0.2, 0.25) is 5.91 Å². The summed E-state index contributed by atoms with van der Waals surface area (Å²) in [6.07, 6.45) is 3.39. The molecule has 1 unspecified atom stereocenters. The van der Waals surface area contributed by atoms with Gasteiger partial charge in [-0.15, -0.1) is 0 Å². The summed E-state index contributed by atoms with van der Waals surface area (Å²) in [5.74, 6) is -0.631. The lowest BCUT2D eigenvalue weighted by Crippen LogP contribution is -2.45. The summed E-state index contributed by atoms with van der Waals surface area (Å²) in [6.45, 7) is 10.4. The second kappa shape index (κ2) is 15.7. The Bertz CT molecular complexity index is 2420. The molecule has 318 valence electrons. The molecule has 11 nitrogen and oxygen atoms in total. The van der Waals surface area contributed by atoms with E-state index in [2.05, 4.69) is 16.7 Å². The Hall–Kier alpha value is -3.99. The second-order valence-corrected chi connectivity index (χ2v) is 19.2. The number of halogens is 3. The van der Waals surface area contributed by atoms with Gasteiger partial charge in [0.1, 0.15) is 17.2 Å².